The Morgan fingerprint density at radius 1 is 1.35 bits per heavy atom. The monoisotopic (exact) mass is 292 g/mol. The minimum atomic E-state index is -0.350. The van der Waals surface area contributed by atoms with Gasteiger partial charge >= 0.3 is 0 Å². The molecule has 1 aliphatic heterocycles. The second-order valence-corrected chi connectivity index (χ2v) is 6.56. The molecule has 1 aliphatic rings. The highest BCUT2D eigenvalue weighted by atomic mass is 32.2. The second-order valence-electron chi connectivity index (χ2n) is 5.68. The topological polar surface area (TPSA) is 32.3 Å². The zero-order valence-corrected chi connectivity index (χ0v) is 13.4. The number of hydrogen-bond acceptors (Lipinski definition) is 3. The van der Waals surface area contributed by atoms with Gasteiger partial charge in [-0.05, 0) is 63.7 Å². The lowest BCUT2D eigenvalue weighted by molar-refractivity contribution is -0.133. The highest BCUT2D eigenvalue weighted by Crippen LogP contribution is 2.26. The Morgan fingerprint density at radius 3 is 2.65 bits per heavy atom. The lowest BCUT2D eigenvalue weighted by atomic mass is 9.88. The van der Waals surface area contributed by atoms with Gasteiger partial charge in [0.25, 0.3) is 0 Å². The smallest absolute Gasteiger partial charge is 0.240 e. The number of thioether (sulfide) groups is 1. The summed E-state index contributed by atoms with van der Waals surface area (Å²) in [4.78, 5) is 15.9. The van der Waals surface area contributed by atoms with Crippen molar-refractivity contribution < 1.29 is 4.79 Å². The molecule has 0 bridgehead atoms. The molecule has 1 unspecified atom stereocenters. The van der Waals surface area contributed by atoms with E-state index < -0.39 is 0 Å². The van der Waals surface area contributed by atoms with Crippen LogP contribution in [0.1, 0.15) is 31.7 Å². The average Bonchev–Trinajstić information content (AvgIpc) is 2.48. The van der Waals surface area contributed by atoms with Gasteiger partial charge in [-0.25, -0.2) is 0 Å². The zero-order chi connectivity index (χ0) is 14.6. The summed E-state index contributed by atoms with van der Waals surface area (Å²) in [6.07, 6.45) is 5.34. The molecule has 0 spiro atoms. The minimum Gasteiger partial charge on any atom is -0.350 e. The number of hydrogen-bond donors (Lipinski definition) is 1. The van der Waals surface area contributed by atoms with Gasteiger partial charge in [0.1, 0.15) is 0 Å². The van der Waals surface area contributed by atoms with Crippen LogP contribution in [0.25, 0.3) is 0 Å². The number of piperidine rings is 1. The third-order valence-corrected chi connectivity index (χ3v) is 5.09. The first-order chi connectivity index (χ1) is 9.56. The molecule has 1 fully saturated rings. The van der Waals surface area contributed by atoms with Crippen molar-refractivity contribution in [2.75, 3.05) is 19.8 Å². The van der Waals surface area contributed by atoms with Crippen molar-refractivity contribution in [1.82, 2.24) is 10.2 Å². The van der Waals surface area contributed by atoms with Crippen molar-refractivity contribution in [1.29, 1.82) is 0 Å². The highest BCUT2D eigenvalue weighted by Gasteiger charge is 2.38. The number of likely N-dealkylation sites (tertiary alicyclic amines) is 1. The molecule has 1 amide bonds. The molecule has 0 aromatic heterocycles. The van der Waals surface area contributed by atoms with E-state index in [9.17, 15) is 4.79 Å². The molecule has 0 saturated carbocycles. The lowest BCUT2D eigenvalue weighted by Crippen LogP contribution is -2.57. The highest BCUT2D eigenvalue weighted by molar-refractivity contribution is 7.98. The van der Waals surface area contributed by atoms with Crippen LogP contribution < -0.4 is 5.32 Å². The van der Waals surface area contributed by atoms with Crippen LogP contribution in [-0.2, 0) is 11.3 Å². The predicted octanol–water partition coefficient (Wildman–Crippen LogP) is 2.90. The summed E-state index contributed by atoms with van der Waals surface area (Å²) in [6, 6.07) is 8.36. The van der Waals surface area contributed by atoms with Crippen LogP contribution in [0, 0.1) is 0 Å². The van der Waals surface area contributed by atoms with Gasteiger partial charge in [-0.15, -0.1) is 11.8 Å². The first-order valence-corrected chi connectivity index (χ1v) is 8.41. The van der Waals surface area contributed by atoms with Crippen LogP contribution in [-0.4, -0.2) is 36.2 Å². The number of amides is 1. The van der Waals surface area contributed by atoms with Gasteiger partial charge in [-0.2, -0.15) is 0 Å². The quantitative estimate of drug-likeness (QED) is 0.866. The molecule has 3 nitrogen and oxygen atoms in total. The van der Waals surface area contributed by atoms with Crippen molar-refractivity contribution in [3.63, 3.8) is 0 Å². The number of likely N-dealkylation sites (N-methyl/N-ethyl adjacent to an activating group) is 1. The van der Waals surface area contributed by atoms with E-state index in [1.165, 1.54) is 11.3 Å². The first kappa shape index (κ1) is 15.4. The standard InChI is InChI=1S/C16H24N2OS/c1-16(10-4-5-11-18(16)2)15(19)17-12-13-6-8-14(20-3)9-7-13/h6-9H,4-5,10-12H2,1-3H3,(H,17,19). The second kappa shape index (κ2) is 6.64. The van der Waals surface area contributed by atoms with Crippen LogP contribution in [0.3, 0.4) is 0 Å². The third kappa shape index (κ3) is 3.36. The fourth-order valence-electron chi connectivity index (χ4n) is 2.66. The number of carbonyl (C=O) groups excluding carboxylic acids is 1. The molecule has 4 heteroatoms. The molecule has 0 aliphatic carbocycles. The normalized spacial score (nSPS) is 23.6. The predicted molar refractivity (Wildman–Crippen MR) is 85.0 cm³/mol. The molecule has 1 aromatic carbocycles. The molecule has 20 heavy (non-hydrogen) atoms. The molecule has 1 aromatic rings. The fourth-order valence-corrected chi connectivity index (χ4v) is 3.07. The van der Waals surface area contributed by atoms with Gasteiger partial charge < -0.3 is 5.32 Å². The first-order valence-electron chi connectivity index (χ1n) is 7.19. The van der Waals surface area contributed by atoms with E-state index in [1.807, 2.05) is 7.05 Å². The maximum atomic E-state index is 12.5. The zero-order valence-electron chi connectivity index (χ0n) is 12.6. The van der Waals surface area contributed by atoms with Crippen LogP contribution in [0.2, 0.25) is 0 Å². The SMILES string of the molecule is CSc1ccc(CNC(=O)C2(C)CCCCN2C)cc1. The summed E-state index contributed by atoms with van der Waals surface area (Å²) >= 11 is 1.73. The van der Waals surface area contributed by atoms with Gasteiger partial charge in [0, 0.05) is 11.4 Å². The van der Waals surface area contributed by atoms with Gasteiger partial charge in [-0.3, -0.25) is 9.69 Å². The Bertz CT molecular complexity index is 460. The van der Waals surface area contributed by atoms with E-state index in [2.05, 4.69) is 47.7 Å². The van der Waals surface area contributed by atoms with Crippen molar-refractivity contribution in [3.8, 4) is 0 Å². The van der Waals surface area contributed by atoms with Crippen LogP contribution >= 0.6 is 11.8 Å². The van der Waals surface area contributed by atoms with E-state index >= 15 is 0 Å². The summed E-state index contributed by atoms with van der Waals surface area (Å²) in [5.41, 5.74) is 0.801. The summed E-state index contributed by atoms with van der Waals surface area (Å²) < 4.78 is 0. The summed E-state index contributed by atoms with van der Waals surface area (Å²) in [6.45, 7) is 3.67. The number of carbonyl (C=O) groups is 1. The van der Waals surface area contributed by atoms with E-state index in [1.54, 1.807) is 11.8 Å². The van der Waals surface area contributed by atoms with E-state index in [0.717, 1.165) is 24.9 Å². The van der Waals surface area contributed by atoms with Gasteiger partial charge in [-0.1, -0.05) is 12.1 Å². The number of nitrogens with zero attached hydrogens (tertiary/aromatic N) is 1. The van der Waals surface area contributed by atoms with E-state index in [4.69, 9.17) is 0 Å². The Labute approximate surface area is 126 Å². The van der Waals surface area contributed by atoms with E-state index in [0.29, 0.717) is 6.54 Å². The summed E-state index contributed by atoms with van der Waals surface area (Å²) in [5.74, 6) is 0.147. The molecule has 1 saturated heterocycles. The molecule has 2 rings (SSSR count). The maximum absolute atomic E-state index is 12.5. The van der Waals surface area contributed by atoms with Crippen LogP contribution in [0.4, 0.5) is 0 Å². The summed E-state index contributed by atoms with van der Waals surface area (Å²) in [7, 11) is 2.05. The van der Waals surface area contributed by atoms with Crippen LogP contribution in [0.15, 0.2) is 29.2 Å². The molecule has 1 heterocycles. The van der Waals surface area contributed by atoms with Crippen molar-refractivity contribution in [3.05, 3.63) is 29.8 Å². The van der Waals surface area contributed by atoms with Crippen molar-refractivity contribution in [2.24, 2.45) is 0 Å². The van der Waals surface area contributed by atoms with Crippen molar-refractivity contribution >= 4 is 17.7 Å². The molecular formula is C16H24N2OS. The number of rotatable bonds is 4. The molecular weight excluding hydrogens is 268 g/mol. The molecule has 1 N–H and O–H groups in total. The van der Waals surface area contributed by atoms with Gasteiger partial charge in [0.15, 0.2) is 0 Å². The molecule has 110 valence electrons. The van der Waals surface area contributed by atoms with Crippen molar-refractivity contribution in [2.45, 2.75) is 43.2 Å². The number of nitrogens with one attached hydrogen (secondary N) is 1. The van der Waals surface area contributed by atoms with Crippen LogP contribution in [0.5, 0.6) is 0 Å². The Balaban J connectivity index is 1.93. The Kier molecular flexibility index (Phi) is 5.11. The van der Waals surface area contributed by atoms with Gasteiger partial charge in [0.05, 0.1) is 5.54 Å². The Morgan fingerprint density at radius 2 is 2.05 bits per heavy atom. The maximum Gasteiger partial charge on any atom is 0.240 e. The third-order valence-electron chi connectivity index (χ3n) is 4.35. The fraction of sp³-hybridized carbons (Fsp3) is 0.562. The van der Waals surface area contributed by atoms with E-state index in [-0.39, 0.29) is 11.4 Å². The average molecular weight is 292 g/mol. The summed E-state index contributed by atoms with van der Waals surface area (Å²) in [5, 5.41) is 3.09. The molecule has 0 radical (unpaired) electrons. The largest absolute Gasteiger partial charge is 0.350 e. The lowest BCUT2D eigenvalue weighted by Gasteiger charge is -2.41. The Hall–Kier alpha value is -1.00. The molecule has 1 atom stereocenters. The minimum absolute atomic E-state index is 0.147. The number of benzene rings is 1. The van der Waals surface area contributed by atoms with Gasteiger partial charge in [0.2, 0.25) is 5.91 Å².